The smallest absolute Gasteiger partial charge is 0.307 e. The molecule has 1 atom stereocenters. The summed E-state index contributed by atoms with van der Waals surface area (Å²) in [7, 11) is 0. The second kappa shape index (κ2) is 7.45. The highest BCUT2D eigenvalue weighted by atomic mass is 16.5. The van der Waals surface area contributed by atoms with Crippen LogP contribution in [0, 0.1) is 5.92 Å². The van der Waals surface area contributed by atoms with E-state index in [0.29, 0.717) is 32.7 Å². The highest BCUT2D eigenvalue weighted by Crippen LogP contribution is 2.20. The first kappa shape index (κ1) is 16.5. The fourth-order valence-electron chi connectivity index (χ4n) is 3.05. The van der Waals surface area contributed by atoms with Crippen molar-refractivity contribution in [3.05, 3.63) is 48.0 Å². The van der Waals surface area contributed by atoms with E-state index < -0.39 is 11.9 Å². The van der Waals surface area contributed by atoms with E-state index in [1.165, 1.54) is 0 Å². The number of carbonyl (C=O) groups excluding carboxylic acids is 1. The van der Waals surface area contributed by atoms with Crippen molar-refractivity contribution < 1.29 is 19.4 Å². The molecule has 0 saturated carbocycles. The Kier molecular flexibility index (Phi) is 5.11. The first-order valence-corrected chi connectivity index (χ1v) is 8.19. The van der Waals surface area contributed by atoms with Gasteiger partial charge in [0.25, 0.3) is 0 Å². The number of carboxylic acids is 1. The van der Waals surface area contributed by atoms with Gasteiger partial charge in [-0.15, -0.1) is 0 Å². The van der Waals surface area contributed by atoms with Gasteiger partial charge < -0.3 is 14.7 Å². The average Bonchev–Trinajstić information content (AvgIpc) is 2.61. The van der Waals surface area contributed by atoms with Gasteiger partial charge in [-0.2, -0.15) is 0 Å². The number of carboxylic acid groups (broad SMARTS) is 1. The molecule has 5 heteroatoms. The zero-order valence-corrected chi connectivity index (χ0v) is 13.5. The monoisotopic (exact) mass is 327 g/mol. The van der Waals surface area contributed by atoms with Crippen molar-refractivity contribution in [3.63, 3.8) is 0 Å². The number of rotatable bonds is 5. The van der Waals surface area contributed by atoms with E-state index >= 15 is 0 Å². The lowest BCUT2D eigenvalue weighted by atomic mass is 9.94. The van der Waals surface area contributed by atoms with Crippen molar-refractivity contribution in [2.24, 2.45) is 5.92 Å². The summed E-state index contributed by atoms with van der Waals surface area (Å²) in [5.41, 5.74) is 0.941. The lowest BCUT2D eigenvalue weighted by molar-refractivity contribution is -0.147. The number of benzene rings is 2. The summed E-state index contributed by atoms with van der Waals surface area (Å²) in [4.78, 5) is 25.6. The molecule has 2 aromatic rings. The second-order valence-corrected chi connectivity index (χ2v) is 6.12. The Bertz CT molecular complexity index is 737. The Hall–Kier alpha value is -2.40. The molecule has 0 aromatic heterocycles. The van der Waals surface area contributed by atoms with Gasteiger partial charge in [0.1, 0.15) is 0 Å². The zero-order chi connectivity index (χ0) is 16.9. The van der Waals surface area contributed by atoms with Gasteiger partial charge in [0, 0.05) is 19.5 Å². The standard InChI is InChI=1S/C19H21NO4/c21-18(20-7-9-24-10-8-20)13-17(19(22)23)12-14-5-6-15-3-1-2-4-16(15)11-14/h1-6,11,17H,7-10,12-13H2,(H,22,23). The average molecular weight is 327 g/mol. The van der Waals surface area contributed by atoms with Crippen LogP contribution in [0.2, 0.25) is 0 Å². The third-order valence-corrected chi connectivity index (χ3v) is 4.43. The Morgan fingerprint density at radius 3 is 2.50 bits per heavy atom. The predicted molar refractivity (Wildman–Crippen MR) is 90.8 cm³/mol. The van der Waals surface area contributed by atoms with Crippen molar-refractivity contribution in [2.45, 2.75) is 12.8 Å². The topological polar surface area (TPSA) is 66.8 Å². The maximum absolute atomic E-state index is 12.3. The highest BCUT2D eigenvalue weighted by Gasteiger charge is 2.25. The van der Waals surface area contributed by atoms with Crippen LogP contribution in [-0.2, 0) is 20.7 Å². The molecule has 0 aliphatic carbocycles. The van der Waals surface area contributed by atoms with Crippen LogP contribution < -0.4 is 0 Å². The summed E-state index contributed by atoms with van der Waals surface area (Å²) >= 11 is 0. The Morgan fingerprint density at radius 1 is 1.08 bits per heavy atom. The minimum absolute atomic E-state index is 0.0299. The molecular weight excluding hydrogens is 306 g/mol. The number of hydrogen-bond acceptors (Lipinski definition) is 3. The van der Waals surface area contributed by atoms with Gasteiger partial charge in [0.2, 0.25) is 5.91 Å². The Labute approximate surface area is 140 Å². The van der Waals surface area contributed by atoms with E-state index in [0.717, 1.165) is 16.3 Å². The van der Waals surface area contributed by atoms with Crippen LogP contribution in [0.5, 0.6) is 0 Å². The molecular formula is C19H21NO4. The molecule has 0 bridgehead atoms. The van der Waals surface area contributed by atoms with Crippen LogP contribution in [-0.4, -0.2) is 48.2 Å². The first-order valence-electron chi connectivity index (χ1n) is 8.19. The quantitative estimate of drug-likeness (QED) is 0.915. The van der Waals surface area contributed by atoms with Gasteiger partial charge in [-0.05, 0) is 22.8 Å². The van der Waals surface area contributed by atoms with Gasteiger partial charge in [0.15, 0.2) is 0 Å². The fourth-order valence-corrected chi connectivity index (χ4v) is 3.05. The SMILES string of the molecule is O=C(O)C(CC(=O)N1CCOCC1)Cc1ccc2ccccc2c1. The number of hydrogen-bond donors (Lipinski definition) is 1. The normalized spacial score (nSPS) is 16.1. The molecule has 1 fully saturated rings. The summed E-state index contributed by atoms with van der Waals surface area (Å²) in [6.07, 6.45) is 0.387. The first-order chi connectivity index (χ1) is 11.6. The third-order valence-electron chi connectivity index (χ3n) is 4.43. The van der Waals surface area contributed by atoms with Crippen LogP contribution in [0.4, 0.5) is 0 Å². The van der Waals surface area contributed by atoms with Crippen molar-refractivity contribution >= 4 is 22.6 Å². The molecule has 1 amide bonds. The summed E-state index contributed by atoms with van der Waals surface area (Å²) in [6, 6.07) is 13.9. The number of nitrogens with zero attached hydrogens (tertiary/aromatic N) is 1. The van der Waals surface area contributed by atoms with Gasteiger partial charge in [-0.3, -0.25) is 9.59 Å². The van der Waals surface area contributed by atoms with E-state index in [4.69, 9.17) is 4.74 Å². The van der Waals surface area contributed by atoms with E-state index in [-0.39, 0.29) is 12.3 Å². The van der Waals surface area contributed by atoms with E-state index in [9.17, 15) is 14.7 Å². The molecule has 2 aromatic carbocycles. The van der Waals surface area contributed by atoms with Crippen LogP contribution in [0.1, 0.15) is 12.0 Å². The molecule has 24 heavy (non-hydrogen) atoms. The number of carbonyl (C=O) groups is 2. The number of fused-ring (bicyclic) bond motifs is 1. The lowest BCUT2D eigenvalue weighted by Gasteiger charge is -2.27. The van der Waals surface area contributed by atoms with Crippen LogP contribution in [0.15, 0.2) is 42.5 Å². The summed E-state index contributed by atoms with van der Waals surface area (Å²) in [5, 5.41) is 11.7. The molecule has 0 radical (unpaired) electrons. The van der Waals surface area contributed by atoms with E-state index in [1.807, 2.05) is 42.5 Å². The second-order valence-electron chi connectivity index (χ2n) is 6.12. The largest absolute Gasteiger partial charge is 0.481 e. The number of morpholine rings is 1. The summed E-state index contributed by atoms with van der Waals surface area (Å²) < 4.78 is 5.23. The minimum atomic E-state index is -0.926. The number of ether oxygens (including phenoxy) is 1. The zero-order valence-electron chi connectivity index (χ0n) is 13.5. The number of aliphatic carboxylic acids is 1. The maximum Gasteiger partial charge on any atom is 0.307 e. The van der Waals surface area contributed by atoms with Crippen molar-refractivity contribution in [3.8, 4) is 0 Å². The molecule has 3 rings (SSSR count). The molecule has 1 aliphatic rings. The molecule has 1 aliphatic heterocycles. The molecule has 1 N–H and O–H groups in total. The molecule has 5 nitrogen and oxygen atoms in total. The van der Waals surface area contributed by atoms with Crippen molar-refractivity contribution in [1.29, 1.82) is 0 Å². The van der Waals surface area contributed by atoms with Gasteiger partial charge >= 0.3 is 5.97 Å². The summed E-state index contributed by atoms with van der Waals surface area (Å²) in [6.45, 7) is 2.13. The molecule has 1 unspecified atom stereocenters. The van der Waals surface area contributed by atoms with Gasteiger partial charge in [-0.1, -0.05) is 42.5 Å². The number of amides is 1. The summed E-state index contributed by atoms with van der Waals surface area (Å²) in [5.74, 6) is -1.74. The molecule has 126 valence electrons. The third kappa shape index (κ3) is 3.92. The fraction of sp³-hybridized carbons (Fsp3) is 0.368. The lowest BCUT2D eigenvalue weighted by Crippen LogP contribution is -2.42. The van der Waals surface area contributed by atoms with Crippen LogP contribution in [0.3, 0.4) is 0 Å². The van der Waals surface area contributed by atoms with Crippen molar-refractivity contribution in [2.75, 3.05) is 26.3 Å². The molecule has 1 saturated heterocycles. The maximum atomic E-state index is 12.3. The van der Waals surface area contributed by atoms with E-state index in [2.05, 4.69) is 0 Å². The van der Waals surface area contributed by atoms with Crippen molar-refractivity contribution in [1.82, 2.24) is 4.90 Å². The molecule has 1 heterocycles. The van der Waals surface area contributed by atoms with Crippen LogP contribution >= 0.6 is 0 Å². The highest BCUT2D eigenvalue weighted by molar-refractivity contribution is 5.84. The van der Waals surface area contributed by atoms with Crippen LogP contribution in [0.25, 0.3) is 10.8 Å². The van der Waals surface area contributed by atoms with E-state index in [1.54, 1.807) is 4.90 Å². The minimum Gasteiger partial charge on any atom is -0.481 e. The van der Waals surface area contributed by atoms with Gasteiger partial charge in [0.05, 0.1) is 19.1 Å². The Balaban J connectivity index is 1.70. The van der Waals surface area contributed by atoms with Gasteiger partial charge in [-0.25, -0.2) is 0 Å². The Morgan fingerprint density at radius 2 is 1.79 bits per heavy atom. The molecule has 0 spiro atoms. The predicted octanol–water partition coefficient (Wildman–Crippen LogP) is 2.33.